The third-order valence-electron chi connectivity index (χ3n) is 6.48. The van der Waals surface area contributed by atoms with Gasteiger partial charge in [-0.05, 0) is 40.5 Å². The Bertz CT molecular complexity index is 1440. The van der Waals surface area contributed by atoms with E-state index in [4.69, 9.17) is 5.73 Å². The zero-order chi connectivity index (χ0) is 23.6. The summed E-state index contributed by atoms with van der Waals surface area (Å²) in [4.78, 5) is 6.70. The smallest absolute Gasteiger partial charge is 0.178 e. The molecule has 0 saturated carbocycles. The molecule has 1 atom stereocenters. The Morgan fingerprint density at radius 3 is 2.86 bits per heavy atom. The van der Waals surface area contributed by atoms with E-state index in [1.807, 2.05) is 16.9 Å². The monoisotopic (exact) mass is 465 g/mol. The molecule has 176 valence electrons. The average Bonchev–Trinajstić information content (AvgIpc) is 3.54. The van der Waals surface area contributed by atoms with Crippen molar-refractivity contribution in [2.24, 2.45) is 0 Å². The summed E-state index contributed by atoms with van der Waals surface area (Å²) in [5, 5.41) is 19.0. The van der Waals surface area contributed by atoms with E-state index in [0.29, 0.717) is 30.5 Å². The molecule has 1 aliphatic heterocycles. The molecule has 9 heteroatoms. The summed E-state index contributed by atoms with van der Waals surface area (Å²) in [6.07, 6.45) is 4.63. The number of anilines is 2. The number of pyridine rings is 1. The highest BCUT2D eigenvalue weighted by atomic mass is 15.3. The summed E-state index contributed by atoms with van der Waals surface area (Å²) in [6.45, 7) is 3.61. The molecule has 2 aromatic carbocycles. The molecule has 1 saturated heterocycles. The minimum atomic E-state index is 0.334. The fourth-order valence-electron chi connectivity index (χ4n) is 4.80. The lowest BCUT2D eigenvalue weighted by Crippen LogP contribution is -2.45. The van der Waals surface area contributed by atoms with Gasteiger partial charge < -0.3 is 16.0 Å². The molecule has 0 bridgehead atoms. The van der Waals surface area contributed by atoms with Crippen LogP contribution in [-0.2, 0) is 13.0 Å². The molecule has 9 nitrogen and oxygen atoms in total. The van der Waals surface area contributed by atoms with Gasteiger partial charge in [0.1, 0.15) is 11.3 Å². The number of nitrogens with zero attached hydrogens (tertiary/aromatic N) is 6. The second kappa shape index (κ2) is 9.19. The largest absolute Gasteiger partial charge is 0.384 e. The summed E-state index contributed by atoms with van der Waals surface area (Å²) in [5.41, 5.74) is 13.2. The Hall–Kier alpha value is -4.24. The highest BCUT2D eigenvalue weighted by Gasteiger charge is 2.21. The maximum absolute atomic E-state index is 5.95. The second-order valence-electron chi connectivity index (χ2n) is 8.97. The predicted octanol–water partition coefficient (Wildman–Crippen LogP) is 2.92. The minimum absolute atomic E-state index is 0.334. The fourth-order valence-corrected chi connectivity index (χ4v) is 4.80. The number of nitrogens with two attached hydrogens (primary N) is 1. The molecule has 1 fully saturated rings. The lowest BCUT2D eigenvalue weighted by Gasteiger charge is -2.35. The van der Waals surface area contributed by atoms with Crippen LogP contribution in [0.2, 0.25) is 0 Å². The molecule has 0 aliphatic carbocycles. The van der Waals surface area contributed by atoms with Crippen LogP contribution >= 0.6 is 0 Å². The first kappa shape index (κ1) is 21.3. The highest BCUT2D eigenvalue weighted by molar-refractivity contribution is 5.76. The molecule has 4 heterocycles. The molecule has 35 heavy (non-hydrogen) atoms. The van der Waals surface area contributed by atoms with Crippen LogP contribution in [0, 0.1) is 0 Å². The SMILES string of the molecule is Nc1cc(Cc2cnn(Cc3cccc(N4CCNC(c5ccccc5)C4)c3)c2)c2nn[nH]c2n1. The standard InChI is InChI=1S/C26H27N9/c27-24-13-21(25-26(30-24)32-33-31-25)11-19-14-29-35(16-19)15-18-5-4-8-22(12-18)34-10-9-28-23(17-34)20-6-2-1-3-7-20/h1-8,12-14,16,23,28H,9-11,15,17H2,(H3,27,30,31,32,33). The molecule has 0 spiro atoms. The normalized spacial score (nSPS) is 16.1. The van der Waals surface area contributed by atoms with Crippen LogP contribution in [0.3, 0.4) is 0 Å². The number of fused-ring (bicyclic) bond motifs is 1. The number of aromatic nitrogens is 6. The van der Waals surface area contributed by atoms with Gasteiger partial charge in [-0.2, -0.15) is 5.10 Å². The fraction of sp³-hybridized carbons (Fsp3) is 0.231. The van der Waals surface area contributed by atoms with Gasteiger partial charge in [0.15, 0.2) is 5.65 Å². The van der Waals surface area contributed by atoms with Crippen LogP contribution in [0.5, 0.6) is 0 Å². The van der Waals surface area contributed by atoms with Crippen molar-refractivity contribution >= 4 is 22.7 Å². The zero-order valence-corrected chi connectivity index (χ0v) is 19.3. The average molecular weight is 466 g/mol. The van der Waals surface area contributed by atoms with Gasteiger partial charge in [-0.15, -0.1) is 5.10 Å². The van der Waals surface area contributed by atoms with E-state index in [9.17, 15) is 0 Å². The van der Waals surface area contributed by atoms with Crippen molar-refractivity contribution < 1.29 is 0 Å². The van der Waals surface area contributed by atoms with Crippen LogP contribution < -0.4 is 16.0 Å². The van der Waals surface area contributed by atoms with Crippen molar-refractivity contribution in [3.8, 4) is 0 Å². The molecule has 3 aromatic heterocycles. The first-order valence-corrected chi connectivity index (χ1v) is 11.8. The Kier molecular flexibility index (Phi) is 5.59. The van der Waals surface area contributed by atoms with Gasteiger partial charge in [-0.1, -0.05) is 47.7 Å². The summed E-state index contributed by atoms with van der Waals surface area (Å²) in [6, 6.07) is 21.6. The van der Waals surface area contributed by atoms with Gasteiger partial charge in [0.25, 0.3) is 0 Å². The summed E-state index contributed by atoms with van der Waals surface area (Å²) < 4.78 is 1.98. The van der Waals surface area contributed by atoms with E-state index >= 15 is 0 Å². The van der Waals surface area contributed by atoms with Gasteiger partial charge in [-0.3, -0.25) is 4.68 Å². The molecule has 6 rings (SSSR count). The van der Waals surface area contributed by atoms with E-state index < -0.39 is 0 Å². The quantitative estimate of drug-likeness (QED) is 0.353. The Morgan fingerprint density at radius 2 is 1.94 bits per heavy atom. The van der Waals surface area contributed by atoms with Crippen LogP contribution in [-0.4, -0.2) is 49.8 Å². The van der Waals surface area contributed by atoms with Crippen LogP contribution in [0.1, 0.15) is 28.3 Å². The summed E-state index contributed by atoms with van der Waals surface area (Å²) >= 11 is 0. The van der Waals surface area contributed by atoms with Crippen LogP contribution in [0.4, 0.5) is 11.5 Å². The highest BCUT2D eigenvalue weighted by Crippen LogP contribution is 2.24. The summed E-state index contributed by atoms with van der Waals surface area (Å²) in [7, 11) is 0. The van der Waals surface area contributed by atoms with E-state index in [2.05, 4.69) is 96.5 Å². The van der Waals surface area contributed by atoms with Gasteiger partial charge in [0, 0.05) is 44.0 Å². The van der Waals surface area contributed by atoms with Crippen LogP contribution in [0.25, 0.3) is 11.2 Å². The third kappa shape index (κ3) is 4.58. The number of aromatic amines is 1. The van der Waals surface area contributed by atoms with Crippen molar-refractivity contribution in [2.75, 3.05) is 30.3 Å². The molecule has 0 radical (unpaired) electrons. The maximum Gasteiger partial charge on any atom is 0.178 e. The Morgan fingerprint density at radius 1 is 1.03 bits per heavy atom. The third-order valence-corrected chi connectivity index (χ3v) is 6.48. The maximum atomic E-state index is 5.95. The topological polar surface area (TPSA) is 114 Å². The Labute approximate surface area is 203 Å². The first-order valence-electron chi connectivity index (χ1n) is 11.8. The number of hydrogen-bond donors (Lipinski definition) is 3. The van der Waals surface area contributed by atoms with Crippen molar-refractivity contribution in [1.82, 2.24) is 35.5 Å². The number of hydrogen-bond acceptors (Lipinski definition) is 7. The van der Waals surface area contributed by atoms with E-state index in [-0.39, 0.29) is 0 Å². The lowest BCUT2D eigenvalue weighted by molar-refractivity contribution is 0.472. The van der Waals surface area contributed by atoms with Crippen molar-refractivity contribution in [2.45, 2.75) is 19.0 Å². The van der Waals surface area contributed by atoms with Gasteiger partial charge >= 0.3 is 0 Å². The molecule has 1 unspecified atom stereocenters. The molecular weight excluding hydrogens is 438 g/mol. The van der Waals surface area contributed by atoms with Crippen molar-refractivity contribution in [1.29, 1.82) is 0 Å². The molecule has 4 N–H and O–H groups in total. The lowest BCUT2D eigenvalue weighted by atomic mass is 10.0. The van der Waals surface area contributed by atoms with Crippen molar-refractivity contribution in [3.63, 3.8) is 0 Å². The molecular formula is C26H27N9. The van der Waals surface area contributed by atoms with E-state index in [1.165, 1.54) is 16.8 Å². The first-order chi connectivity index (χ1) is 17.2. The van der Waals surface area contributed by atoms with Crippen LogP contribution in [0.15, 0.2) is 73.1 Å². The molecule has 5 aromatic rings. The summed E-state index contributed by atoms with van der Waals surface area (Å²) in [5.74, 6) is 0.449. The predicted molar refractivity (Wildman–Crippen MR) is 136 cm³/mol. The second-order valence-corrected chi connectivity index (χ2v) is 8.97. The number of rotatable bonds is 6. The minimum Gasteiger partial charge on any atom is -0.384 e. The van der Waals surface area contributed by atoms with Gasteiger partial charge in [0.2, 0.25) is 0 Å². The number of nitrogen functional groups attached to an aromatic ring is 1. The zero-order valence-electron chi connectivity index (χ0n) is 19.3. The number of piperazine rings is 1. The number of benzene rings is 2. The number of nitrogens with one attached hydrogen (secondary N) is 2. The van der Waals surface area contributed by atoms with E-state index in [1.54, 1.807) is 0 Å². The van der Waals surface area contributed by atoms with Crippen molar-refractivity contribution in [3.05, 3.63) is 95.3 Å². The van der Waals surface area contributed by atoms with Gasteiger partial charge in [0.05, 0.1) is 12.7 Å². The molecule has 1 aliphatic rings. The Balaban J connectivity index is 1.16. The van der Waals surface area contributed by atoms with E-state index in [0.717, 1.165) is 36.3 Å². The van der Waals surface area contributed by atoms with Gasteiger partial charge in [-0.25, -0.2) is 10.1 Å². The molecule has 0 amide bonds. The number of H-pyrrole nitrogens is 1.